The van der Waals surface area contributed by atoms with Crippen LogP contribution in [0.1, 0.15) is 25.1 Å². The average Bonchev–Trinajstić information content (AvgIpc) is 3.15. The summed E-state index contributed by atoms with van der Waals surface area (Å²) in [5.41, 5.74) is 1.18. The van der Waals surface area contributed by atoms with Gasteiger partial charge in [-0.2, -0.15) is 9.67 Å². The molecule has 4 rings (SSSR count). The molecule has 3 aromatic rings. The van der Waals surface area contributed by atoms with Gasteiger partial charge in [-0.05, 0) is 36.9 Å². The van der Waals surface area contributed by atoms with Gasteiger partial charge < -0.3 is 5.11 Å². The number of aromatic nitrogens is 3. The summed E-state index contributed by atoms with van der Waals surface area (Å²) >= 11 is 6.07. The molecule has 1 aliphatic heterocycles. The molecule has 0 spiro atoms. The highest BCUT2D eigenvalue weighted by molar-refractivity contribution is 6.44. The molecule has 0 radical (unpaired) electrons. The van der Waals surface area contributed by atoms with E-state index in [0.29, 0.717) is 16.4 Å². The molecule has 0 unspecified atom stereocenters. The summed E-state index contributed by atoms with van der Waals surface area (Å²) in [5.74, 6) is -1.32. The highest BCUT2D eigenvalue weighted by atomic mass is 35.5. The SMILES string of the molecule is Cc1nn(-c2cccc(Cl)c2)c([O-])c1C1=C([n+]2ccccc2)C(=O)N(CC(C)C)C1=O. The van der Waals surface area contributed by atoms with Gasteiger partial charge >= 0.3 is 5.91 Å². The predicted molar refractivity (Wildman–Crippen MR) is 114 cm³/mol. The molecule has 0 saturated carbocycles. The van der Waals surface area contributed by atoms with Crippen molar-refractivity contribution in [2.24, 2.45) is 5.92 Å². The van der Waals surface area contributed by atoms with E-state index in [-0.39, 0.29) is 29.3 Å². The zero-order valence-electron chi connectivity index (χ0n) is 17.4. The Morgan fingerprint density at radius 1 is 1.10 bits per heavy atom. The fourth-order valence-electron chi connectivity index (χ4n) is 3.68. The minimum atomic E-state index is -0.490. The summed E-state index contributed by atoms with van der Waals surface area (Å²) in [6.45, 7) is 5.76. The van der Waals surface area contributed by atoms with E-state index in [1.807, 2.05) is 19.9 Å². The van der Waals surface area contributed by atoms with E-state index in [9.17, 15) is 14.7 Å². The van der Waals surface area contributed by atoms with E-state index in [0.717, 1.165) is 0 Å². The normalized spacial score (nSPS) is 14.3. The Labute approximate surface area is 184 Å². The van der Waals surface area contributed by atoms with Crippen molar-refractivity contribution in [3.05, 3.63) is 71.1 Å². The van der Waals surface area contributed by atoms with Crippen molar-refractivity contribution in [3.63, 3.8) is 0 Å². The number of nitrogens with zero attached hydrogens (tertiary/aromatic N) is 4. The number of imide groups is 1. The number of aryl methyl sites for hydroxylation is 1. The van der Waals surface area contributed by atoms with E-state index in [1.165, 1.54) is 9.58 Å². The second kappa shape index (κ2) is 8.00. The first-order chi connectivity index (χ1) is 14.8. The lowest BCUT2D eigenvalue weighted by Gasteiger charge is -2.17. The monoisotopic (exact) mass is 436 g/mol. The summed E-state index contributed by atoms with van der Waals surface area (Å²) in [7, 11) is 0. The lowest BCUT2D eigenvalue weighted by molar-refractivity contribution is -0.576. The van der Waals surface area contributed by atoms with Gasteiger partial charge in [0, 0.05) is 29.3 Å². The van der Waals surface area contributed by atoms with Crippen LogP contribution < -0.4 is 9.67 Å². The first kappa shape index (κ1) is 20.8. The highest BCUT2D eigenvalue weighted by Gasteiger charge is 2.46. The predicted octanol–water partition coefficient (Wildman–Crippen LogP) is 2.59. The van der Waals surface area contributed by atoms with Crippen molar-refractivity contribution in [1.82, 2.24) is 14.7 Å². The van der Waals surface area contributed by atoms with Crippen molar-refractivity contribution >= 4 is 34.7 Å². The van der Waals surface area contributed by atoms with Gasteiger partial charge in [-0.3, -0.25) is 14.5 Å². The van der Waals surface area contributed by atoms with Crippen molar-refractivity contribution < 1.29 is 19.3 Å². The van der Waals surface area contributed by atoms with Crippen LogP contribution in [-0.2, 0) is 9.59 Å². The lowest BCUT2D eigenvalue weighted by Crippen LogP contribution is -2.40. The Balaban J connectivity index is 1.94. The summed E-state index contributed by atoms with van der Waals surface area (Å²) in [5, 5.41) is 18.2. The second-order valence-corrected chi connectivity index (χ2v) is 8.21. The number of pyridine rings is 1. The smallest absolute Gasteiger partial charge is 0.326 e. The van der Waals surface area contributed by atoms with Crippen LogP contribution in [0.15, 0.2) is 54.9 Å². The van der Waals surface area contributed by atoms with Gasteiger partial charge in [0.25, 0.3) is 11.6 Å². The lowest BCUT2D eigenvalue weighted by atomic mass is 10.0. The average molecular weight is 437 g/mol. The van der Waals surface area contributed by atoms with Gasteiger partial charge in [-0.15, -0.1) is 0 Å². The van der Waals surface area contributed by atoms with E-state index < -0.39 is 17.7 Å². The molecular weight excluding hydrogens is 416 g/mol. The van der Waals surface area contributed by atoms with Gasteiger partial charge in [-0.1, -0.05) is 37.6 Å². The van der Waals surface area contributed by atoms with Gasteiger partial charge in [0.05, 0.1) is 11.4 Å². The number of amides is 2. The molecule has 8 heteroatoms. The molecule has 2 amide bonds. The fourth-order valence-corrected chi connectivity index (χ4v) is 3.87. The maximum absolute atomic E-state index is 13.4. The summed E-state index contributed by atoms with van der Waals surface area (Å²) in [4.78, 5) is 27.8. The van der Waals surface area contributed by atoms with Crippen LogP contribution in [0.25, 0.3) is 17.0 Å². The molecule has 0 aliphatic carbocycles. The highest BCUT2D eigenvalue weighted by Crippen LogP contribution is 2.36. The number of carbonyl (C=O) groups excluding carboxylic acids is 2. The number of hydrogen-bond acceptors (Lipinski definition) is 4. The number of benzene rings is 1. The molecule has 31 heavy (non-hydrogen) atoms. The number of halogens is 1. The maximum Gasteiger partial charge on any atom is 0.326 e. The van der Waals surface area contributed by atoms with Crippen LogP contribution in [0.3, 0.4) is 0 Å². The molecule has 0 fully saturated rings. The van der Waals surface area contributed by atoms with Crippen molar-refractivity contribution in [3.8, 4) is 11.6 Å². The third kappa shape index (κ3) is 3.61. The van der Waals surface area contributed by atoms with Crippen LogP contribution in [0.2, 0.25) is 5.02 Å². The van der Waals surface area contributed by atoms with Crippen molar-refractivity contribution in [2.75, 3.05) is 6.54 Å². The molecule has 0 N–H and O–H groups in total. The largest absolute Gasteiger partial charge is 0.858 e. The molecule has 7 nitrogen and oxygen atoms in total. The molecular formula is C23H21ClN4O3. The summed E-state index contributed by atoms with van der Waals surface area (Å²) < 4.78 is 2.78. The number of carbonyl (C=O) groups is 2. The first-order valence-electron chi connectivity index (χ1n) is 9.89. The topological polar surface area (TPSA) is 82.1 Å². The molecule has 0 atom stereocenters. The number of hydrogen-bond donors (Lipinski definition) is 0. The quantitative estimate of drug-likeness (QED) is 0.454. The zero-order valence-corrected chi connectivity index (χ0v) is 18.1. The Morgan fingerprint density at radius 3 is 2.45 bits per heavy atom. The molecule has 0 bridgehead atoms. The fraction of sp³-hybridized carbons (Fsp3) is 0.217. The Hall–Kier alpha value is -3.45. The van der Waals surface area contributed by atoms with Gasteiger partial charge in [0.15, 0.2) is 12.4 Å². The van der Waals surface area contributed by atoms with Crippen molar-refractivity contribution in [2.45, 2.75) is 20.8 Å². The molecule has 2 aromatic heterocycles. The van der Waals surface area contributed by atoms with E-state index in [1.54, 1.807) is 60.3 Å². The summed E-state index contributed by atoms with van der Waals surface area (Å²) in [6.07, 6.45) is 3.36. The van der Waals surface area contributed by atoms with Gasteiger partial charge in [0.1, 0.15) is 5.57 Å². The standard InChI is InChI=1S/C23H21ClN4O3/c1-14(2)13-27-21(29)19(20(23(27)31)26-10-5-4-6-11-26)18-15(3)25-28(22(18)30)17-9-7-8-16(24)12-17/h4-12,14H,13H2,1-3H3. The van der Waals surface area contributed by atoms with Crippen LogP contribution in [0, 0.1) is 12.8 Å². The van der Waals surface area contributed by atoms with E-state index >= 15 is 0 Å². The molecule has 1 aromatic carbocycles. The van der Waals surface area contributed by atoms with E-state index in [4.69, 9.17) is 11.6 Å². The number of rotatable bonds is 5. The van der Waals surface area contributed by atoms with Crippen LogP contribution in [-0.4, -0.2) is 33.0 Å². The van der Waals surface area contributed by atoms with Crippen LogP contribution in [0.4, 0.5) is 0 Å². The van der Waals surface area contributed by atoms with Crippen molar-refractivity contribution in [1.29, 1.82) is 0 Å². The summed E-state index contributed by atoms with van der Waals surface area (Å²) in [6, 6.07) is 12.1. The maximum atomic E-state index is 13.4. The third-order valence-corrected chi connectivity index (χ3v) is 5.22. The minimum absolute atomic E-state index is 0.0672. The Bertz CT molecular complexity index is 1210. The Kier molecular flexibility index (Phi) is 5.37. The zero-order chi connectivity index (χ0) is 22.3. The second-order valence-electron chi connectivity index (χ2n) is 7.78. The van der Waals surface area contributed by atoms with Crippen LogP contribution >= 0.6 is 11.6 Å². The van der Waals surface area contributed by atoms with Crippen LogP contribution in [0.5, 0.6) is 5.88 Å². The molecule has 1 aliphatic rings. The van der Waals surface area contributed by atoms with Gasteiger partial charge in [-0.25, -0.2) is 4.68 Å². The minimum Gasteiger partial charge on any atom is -0.858 e. The van der Waals surface area contributed by atoms with E-state index in [2.05, 4.69) is 5.10 Å². The van der Waals surface area contributed by atoms with Gasteiger partial charge in [0.2, 0.25) is 0 Å². The molecule has 3 heterocycles. The third-order valence-electron chi connectivity index (χ3n) is 4.99. The first-order valence-corrected chi connectivity index (χ1v) is 10.3. The molecule has 158 valence electrons. The molecule has 0 saturated heterocycles. The Morgan fingerprint density at radius 2 is 1.81 bits per heavy atom.